The van der Waals surface area contributed by atoms with Crippen molar-refractivity contribution in [1.29, 1.82) is 0 Å². The Bertz CT molecular complexity index is 399. The first kappa shape index (κ1) is 16.1. The van der Waals surface area contributed by atoms with Crippen molar-refractivity contribution in [3.8, 4) is 0 Å². The van der Waals surface area contributed by atoms with Crippen LogP contribution >= 0.6 is 45.8 Å². The zero-order chi connectivity index (χ0) is 13.4. The van der Waals surface area contributed by atoms with Crippen LogP contribution in [0.3, 0.4) is 0 Å². The largest absolute Gasteiger partial charge is 0.352 e. The molecule has 5 heteroatoms. The first-order valence-electron chi connectivity index (χ1n) is 5.94. The number of benzene rings is 1. The van der Waals surface area contributed by atoms with E-state index in [1.54, 1.807) is 18.2 Å². The van der Waals surface area contributed by atoms with Crippen LogP contribution in [0.25, 0.3) is 0 Å². The molecule has 0 bridgehead atoms. The Morgan fingerprint density at radius 1 is 1.17 bits per heavy atom. The van der Waals surface area contributed by atoms with Crippen LogP contribution < -0.4 is 5.32 Å². The third kappa shape index (κ3) is 5.76. The summed E-state index contributed by atoms with van der Waals surface area (Å²) in [6.45, 7) is 0.683. The molecule has 2 nitrogen and oxygen atoms in total. The predicted octanol–water partition coefficient (Wildman–Crippen LogP) is 4.72. The van der Waals surface area contributed by atoms with Crippen LogP contribution in [0.1, 0.15) is 36.0 Å². The second kappa shape index (κ2) is 8.99. The summed E-state index contributed by atoms with van der Waals surface area (Å²) in [5, 5.41) is 3.81. The lowest BCUT2D eigenvalue weighted by molar-refractivity contribution is 0.0953. The van der Waals surface area contributed by atoms with E-state index in [4.69, 9.17) is 23.2 Å². The van der Waals surface area contributed by atoms with E-state index in [0.717, 1.165) is 12.8 Å². The number of alkyl halides is 1. The molecule has 0 aliphatic carbocycles. The molecule has 0 saturated carbocycles. The maximum atomic E-state index is 11.9. The SMILES string of the molecule is O=C(NCCCCCCI)c1cc(Cl)ccc1Cl. The van der Waals surface area contributed by atoms with Gasteiger partial charge in [-0.15, -0.1) is 0 Å². The number of hydrogen-bond acceptors (Lipinski definition) is 1. The van der Waals surface area contributed by atoms with Crippen molar-refractivity contribution < 1.29 is 4.79 Å². The highest BCUT2D eigenvalue weighted by Crippen LogP contribution is 2.20. The highest BCUT2D eigenvalue weighted by atomic mass is 127. The number of rotatable bonds is 7. The quantitative estimate of drug-likeness (QED) is 0.401. The summed E-state index contributed by atoms with van der Waals surface area (Å²) >= 11 is 14.2. The molecule has 1 amide bonds. The molecule has 0 aromatic heterocycles. The lowest BCUT2D eigenvalue weighted by Crippen LogP contribution is -2.24. The summed E-state index contributed by atoms with van der Waals surface area (Å²) in [6.07, 6.45) is 4.61. The van der Waals surface area contributed by atoms with Gasteiger partial charge in [0.15, 0.2) is 0 Å². The van der Waals surface area contributed by atoms with Crippen LogP contribution in [0.2, 0.25) is 10.0 Å². The maximum Gasteiger partial charge on any atom is 0.252 e. The van der Waals surface area contributed by atoms with Crippen LogP contribution in [0.4, 0.5) is 0 Å². The van der Waals surface area contributed by atoms with Crippen molar-refractivity contribution >= 4 is 51.7 Å². The zero-order valence-electron chi connectivity index (χ0n) is 10.0. The van der Waals surface area contributed by atoms with E-state index < -0.39 is 0 Å². The monoisotopic (exact) mass is 399 g/mol. The van der Waals surface area contributed by atoms with Gasteiger partial charge in [0.25, 0.3) is 5.91 Å². The smallest absolute Gasteiger partial charge is 0.252 e. The minimum atomic E-state index is -0.156. The van der Waals surface area contributed by atoms with E-state index in [9.17, 15) is 4.79 Å². The Hall–Kier alpha value is -0.000000000000000111. The number of amides is 1. The summed E-state index contributed by atoms with van der Waals surface area (Å²) in [4.78, 5) is 11.9. The molecule has 0 saturated heterocycles. The fourth-order valence-corrected chi connectivity index (χ4v) is 2.46. The summed E-state index contributed by atoms with van der Waals surface area (Å²) in [5.41, 5.74) is 0.441. The summed E-state index contributed by atoms with van der Waals surface area (Å²) in [5.74, 6) is -0.156. The Balaban J connectivity index is 2.34. The van der Waals surface area contributed by atoms with Gasteiger partial charge in [0.2, 0.25) is 0 Å². The molecule has 0 heterocycles. The normalized spacial score (nSPS) is 10.4. The Kier molecular flexibility index (Phi) is 8.02. The number of nitrogens with one attached hydrogen (secondary N) is 1. The van der Waals surface area contributed by atoms with Crippen LogP contribution in [0.15, 0.2) is 18.2 Å². The second-order valence-electron chi connectivity index (χ2n) is 3.98. The molecule has 0 unspecified atom stereocenters. The van der Waals surface area contributed by atoms with Crippen molar-refractivity contribution in [1.82, 2.24) is 5.32 Å². The van der Waals surface area contributed by atoms with Gasteiger partial charge in [0.05, 0.1) is 10.6 Å². The van der Waals surface area contributed by atoms with Gasteiger partial charge in [-0.25, -0.2) is 0 Å². The van der Waals surface area contributed by atoms with Gasteiger partial charge in [-0.2, -0.15) is 0 Å². The van der Waals surface area contributed by atoms with Crippen molar-refractivity contribution in [3.05, 3.63) is 33.8 Å². The highest BCUT2D eigenvalue weighted by molar-refractivity contribution is 14.1. The number of hydrogen-bond donors (Lipinski definition) is 1. The predicted molar refractivity (Wildman–Crippen MR) is 86.2 cm³/mol. The van der Waals surface area contributed by atoms with E-state index in [0.29, 0.717) is 22.2 Å². The van der Waals surface area contributed by atoms with Crippen molar-refractivity contribution in [2.75, 3.05) is 11.0 Å². The van der Waals surface area contributed by atoms with Gasteiger partial charge < -0.3 is 5.32 Å². The Morgan fingerprint density at radius 3 is 2.61 bits per heavy atom. The average molecular weight is 400 g/mol. The fraction of sp³-hybridized carbons (Fsp3) is 0.462. The molecule has 18 heavy (non-hydrogen) atoms. The minimum Gasteiger partial charge on any atom is -0.352 e. The minimum absolute atomic E-state index is 0.156. The molecule has 0 spiro atoms. The zero-order valence-corrected chi connectivity index (χ0v) is 13.7. The lowest BCUT2D eigenvalue weighted by Gasteiger charge is -2.07. The highest BCUT2D eigenvalue weighted by Gasteiger charge is 2.09. The fourth-order valence-electron chi connectivity index (χ4n) is 1.54. The van der Waals surface area contributed by atoms with Crippen LogP contribution in [0, 0.1) is 0 Å². The standard InChI is InChI=1S/C13H16Cl2INO/c14-10-5-6-12(15)11(9-10)13(18)17-8-4-2-1-3-7-16/h5-6,9H,1-4,7-8H2,(H,17,18). The molecule has 0 fully saturated rings. The molecule has 0 radical (unpaired) electrons. The number of unbranched alkanes of at least 4 members (excludes halogenated alkanes) is 3. The third-order valence-electron chi connectivity index (χ3n) is 2.52. The van der Waals surface area contributed by atoms with Gasteiger partial charge >= 0.3 is 0 Å². The molecule has 0 aliphatic heterocycles. The summed E-state index contributed by atoms with van der Waals surface area (Å²) in [6, 6.07) is 4.90. The van der Waals surface area contributed by atoms with E-state index in [2.05, 4.69) is 27.9 Å². The third-order valence-corrected chi connectivity index (χ3v) is 3.85. The molecule has 1 aromatic carbocycles. The topological polar surface area (TPSA) is 29.1 Å². The molecule has 0 atom stereocenters. The summed E-state index contributed by atoms with van der Waals surface area (Å²) in [7, 11) is 0. The van der Waals surface area contributed by atoms with E-state index in [1.807, 2.05) is 0 Å². The maximum absolute atomic E-state index is 11.9. The van der Waals surface area contributed by atoms with Crippen molar-refractivity contribution in [3.63, 3.8) is 0 Å². The molecule has 0 aliphatic rings. The van der Waals surface area contributed by atoms with Crippen LogP contribution in [0.5, 0.6) is 0 Å². The molecular formula is C13H16Cl2INO. The van der Waals surface area contributed by atoms with Crippen LogP contribution in [-0.4, -0.2) is 16.9 Å². The van der Waals surface area contributed by atoms with Crippen LogP contribution in [-0.2, 0) is 0 Å². The van der Waals surface area contributed by atoms with Gasteiger partial charge in [0.1, 0.15) is 0 Å². The molecule has 1 rings (SSSR count). The average Bonchev–Trinajstić information content (AvgIpc) is 2.36. The van der Waals surface area contributed by atoms with Gasteiger partial charge in [-0.3, -0.25) is 4.79 Å². The van der Waals surface area contributed by atoms with Crippen molar-refractivity contribution in [2.45, 2.75) is 25.7 Å². The first-order valence-corrected chi connectivity index (χ1v) is 8.22. The van der Waals surface area contributed by atoms with E-state index >= 15 is 0 Å². The van der Waals surface area contributed by atoms with Crippen molar-refractivity contribution in [2.24, 2.45) is 0 Å². The molecular weight excluding hydrogens is 384 g/mol. The van der Waals surface area contributed by atoms with E-state index in [1.165, 1.54) is 17.3 Å². The Morgan fingerprint density at radius 2 is 1.89 bits per heavy atom. The lowest BCUT2D eigenvalue weighted by atomic mass is 10.2. The second-order valence-corrected chi connectivity index (χ2v) is 5.91. The first-order chi connectivity index (χ1) is 8.65. The van der Waals surface area contributed by atoms with Gasteiger partial charge in [-0.05, 0) is 35.5 Å². The van der Waals surface area contributed by atoms with Gasteiger partial charge in [0, 0.05) is 11.6 Å². The molecule has 100 valence electrons. The summed E-state index contributed by atoms with van der Waals surface area (Å²) < 4.78 is 1.20. The molecule has 1 aromatic rings. The number of carbonyl (C=O) groups is 1. The molecule has 1 N–H and O–H groups in total. The number of halogens is 3. The number of carbonyl (C=O) groups excluding carboxylic acids is 1. The van der Waals surface area contributed by atoms with Gasteiger partial charge in [-0.1, -0.05) is 58.6 Å². The Labute approximate surface area is 132 Å². The van der Waals surface area contributed by atoms with E-state index in [-0.39, 0.29) is 5.91 Å².